The first-order chi connectivity index (χ1) is 15.2. The summed E-state index contributed by atoms with van der Waals surface area (Å²) < 4.78 is 0. The molecule has 194 valence electrons. The van der Waals surface area contributed by atoms with Crippen LogP contribution in [0.3, 0.4) is 0 Å². The Bertz CT molecular complexity index is 222. The number of unbranched alkanes of at least 4 members (excludes halogenated alkanes) is 18. The van der Waals surface area contributed by atoms with Gasteiger partial charge in [0.05, 0.1) is 0 Å². The van der Waals surface area contributed by atoms with Crippen LogP contribution >= 0.6 is 18.8 Å². The third-order valence-corrected chi connectivity index (χ3v) is 5.22. The van der Waals surface area contributed by atoms with Crippen molar-refractivity contribution >= 4 is 18.8 Å². The van der Waals surface area contributed by atoms with Crippen LogP contribution in [0.1, 0.15) is 128 Å². The molecule has 0 spiro atoms. The number of hydrogen-bond acceptors (Lipinski definition) is 4. The van der Waals surface area contributed by atoms with Crippen LogP contribution in [0, 0.1) is 0 Å². The molecule has 0 heterocycles. The second kappa shape index (κ2) is 41.4. The standard InChI is InChI=1S/2C12H27NO.2ClH.Pt/c2*13-11-9-7-5-3-1-2-4-6-8-10-12-14;;;/h2*14H,1-13H2;2*1H;/q;;;;+4/p-2. The molecule has 0 amide bonds. The molecule has 0 aromatic heterocycles. The first-order valence-electron chi connectivity index (χ1n) is 12.7. The zero-order valence-corrected chi connectivity index (χ0v) is 23.9. The number of halogens is 2. The predicted octanol–water partition coefficient (Wildman–Crippen LogP) is 7.05. The fourth-order valence-corrected chi connectivity index (χ4v) is 3.34. The molecular formula is C24H54Cl2N2O2Pt+2. The van der Waals surface area contributed by atoms with Crippen LogP contribution in [0.5, 0.6) is 0 Å². The first kappa shape index (κ1) is 36.7. The van der Waals surface area contributed by atoms with Gasteiger partial charge < -0.3 is 21.7 Å². The molecule has 0 aliphatic heterocycles. The predicted molar refractivity (Wildman–Crippen MR) is 136 cm³/mol. The van der Waals surface area contributed by atoms with Gasteiger partial charge in [0.15, 0.2) is 0 Å². The molecule has 7 heteroatoms. The molecule has 0 aliphatic rings. The van der Waals surface area contributed by atoms with Crippen molar-refractivity contribution in [2.24, 2.45) is 11.5 Å². The second-order valence-corrected chi connectivity index (χ2v) is 11.4. The molecule has 0 rings (SSSR count). The van der Waals surface area contributed by atoms with E-state index in [-0.39, 0.29) is 0 Å². The molecule has 0 atom stereocenters. The van der Waals surface area contributed by atoms with Crippen LogP contribution in [0.25, 0.3) is 0 Å². The Morgan fingerprint density at radius 2 is 0.548 bits per heavy atom. The molecule has 0 radical (unpaired) electrons. The van der Waals surface area contributed by atoms with Gasteiger partial charge >= 0.3 is 35.3 Å². The molecule has 31 heavy (non-hydrogen) atoms. The first-order valence-corrected chi connectivity index (χ1v) is 18.3. The monoisotopic (exact) mass is 667 g/mol. The van der Waals surface area contributed by atoms with Crippen LogP contribution in [0.15, 0.2) is 0 Å². The molecular weight excluding hydrogens is 614 g/mol. The van der Waals surface area contributed by atoms with Crippen molar-refractivity contribution in [3.05, 3.63) is 0 Å². The van der Waals surface area contributed by atoms with Crippen molar-refractivity contribution in [3.63, 3.8) is 0 Å². The van der Waals surface area contributed by atoms with Gasteiger partial charge in [-0.15, -0.1) is 0 Å². The van der Waals surface area contributed by atoms with Gasteiger partial charge in [-0.3, -0.25) is 0 Å². The maximum absolute atomic E-state index is 8.58. The number of rotatable bonds is 22. The Morgan fingerprint density at radius 3 is 0.710 bits per heavy atom. The molecule has 0 bridgehead atoms. The summed E-state index contributed by atoms with van der Waals surface area (Å²) in [6.07, 6.45) is 25.6. The third kappa shape index (κ3) is 49.4. The van der Waals surface area contributed by atoms with Crippen LogP contribution in [-0.4, -0.2) is 36.5 Å². The third-order valence-electron chi connectivity index (χ3n) is 5.22. The Hall–Kier alpha value is 1.11. The fraction of sp³-hybridized carbons (Fsp3) is 1.00. The fourth-order valence-electron chi connectivity index (χ4n) is 3.34. The van der Waals surface area contributed by atoms with E-state index in [4.69, 9.17) is 40.5 Å². The summed E-state index contributed by atoms with van der Waals surface area (Å²) in [5, 5.41) is 17.2. The van der Waals surface area contributed by atoms with Crippen LogP contribution in [-0.2, 0) is 16.5 Å². The molecule has 4 nitrogen and oxygen atoms in total. The molecule has 0 aliphatic carbocycles. The molecule has 0 saturated heterocycles. The summed E-state index contributed by atoms with van der Waals surface area (Å²) in [6.45, 7) is 2.42. The Kier molecular flexibility index (Phi) is 48.9. The van der Waals surface area contributed by atoms with Gasteiger partial charge in [-0.05, 0) is 38.8 Å². The van der Waals surface area contributed by atoms with Crippen molar-refractivity contribution in [2.45, 2.75) is 128 Å². The summed E-state index contributed by atoms with van der Waals surface area (Å²) in [4.78, 5) is 0. The van der Waals surface area contributed by atoms with Gasteiger partial charge in [0, 0.05) is 13.2 Å². The minimum absolute atomic E-state index is 0.360. The molecule has 0 saturated carbocycles. The molecule has 0 fully saturated rings. The van der Waals surface area contributed by atoms with E-state index in [1.165, 1.54) is 116 Å². The SMILES string of the molecule is NCCCCCCCCCCCCO.NCCCCCCCCCCCCO.[Cl][Pt+2][Cl]. The minimum atomic E-state index is -0.472. The van der Waals surface area contributed by atoms with Crippen molar-refractivity contribution in [1.29, 1.82) is 0 Å². The van der Waals surface area contributed by atoms with Crippen molar-refractivity contribution in [1.82, 2.24) is 0 Å². The van der Waals surface area contributed by atoms with E-state index in [0.717, 1.165) is 25.9 Å². The Morgan fingerprint density at radius 1 is 0.387 bits per heavy atom. The Labute approximate surface area is 211 Å². The number of aliphatic hydroxyl groups is 2. The topological polar surface area (TPSA) is 92.5 Å². The average Bonchev–Trinajstić information content (AvgIpc) is 2.77. The normalized spacial score (nSPS) is 10.4. The zero-order chi connectivity index (χ0) is 23.7. The number of nitrogens with two attached hydrogens (primary N) is 2. The zero-order valence-electron chi connectivity index (χ0n) is 20.1. The summed E-state index contributed by atoms with van der Waals surface area (Å²) >= 11 is -0.472. The maximum atomic E-state index is 8.58. The van der Waals surface area contributed by atoms with Crippen LogP contribution in [0.2, 0.25) is 0 Å². The van der Waals surface area contributed by atoms with Gasteiger partial charge in [-0.2, -0.15) is 0 Å². The Balaban J connectivity index is -0.000000448. The summed E-state index contributed by atoms with van der Waals surface area (Å²) in [7, 11) is 9.75. The van der Waals surface area contributed by atoms with Gasteiger partial charge in [0.2, 0.25) is 0 Å². The van der Waals surface area contributed by atoms with E-state index < -0.39 is 16.5 Å². The molecule has 0 unspecified atom stereocenters. The molecule has 0 aromatic carbocycles. The van der Waals surface area contributed by atoms with Crippen LogP contribution in [0.4, 0.5) is 0 Å². The van der Waals surface area contributed by atoms with E-state index in [9.17, 15) is 0 Å². The van der Waals surface area contributed by atoms with Gasteiger partial charge in [0.1, 0.15) is 0 Å². The van der Waals surface area contributed by atoms with Gasteiger partial charge in [-0.25, -0.2) is 0 Å². The second-order valence-electron chi connectivity index (χ2n) is 8.14. The average molecular weight is 669 g/mol. The quantitative estimate of drug-likeness (QED) is 0.0931. The van der Waals surface area contributed by atoms with E-state index in [1.54, 1.807) is 0 Å². The van der Waals surface area contributed by atoms with Gasteiger partial charge in [0.25, 0.3) is 0 Å². The summed E-state index contributed by atoms with van der Waals surface area (Å²) in [5.74, 6) is 0. The van der Waals surface area contributed by atoms with E-state index in [0.29, 0.717) is 13.2 Å². The summed E-state index contributed by atoms with van der Waals surface area (Å²) in [5.41, 5.74) is 10.8. The van der Waals surface area contributed by atoms with Crippen LogP contribution < -0.4 is 11.5 Å². The molecule has 0 aromatic rings. The van der Waals surface area contributed by atoms with Gasteiger partial charge in [-0.1, -0.05) is 103 Å². The van der Waals surface area contributed by atoms with E-state index in [1.807, 2.05) is 0 Å². The number of aliphatic hydroxyl groups excluding tert-OH is 2. The molecule has 6 N–H and O–H groups in total. The van der Waals surface area contributed by atoms with E-state index in [2.05, 4.69) is 0 Å². The van der Waals surface area contributed by atoms with Crippen molar-refractivity contribution in [2.75, 3.05) is 26.3 Å². The van der Waals surface area contributed by atoms with E-state index >= 15 is 0 Å². The van der Waals surface area contributed by atoms with Crippen molar-refractivity contribution < 1.29 is 26.7 Å². The summed E-state index contributed by atoms with van der Waals surface area (Å²) in [6, 6.07) is 0. The van der Waals surface area contributed by atoms with Crippen molar-refractivity contribution in [3.8, 4) is 0 Å². The number of hydrogen-bond donors (Lipinski definition) is 4.